The third kappa shape index (κ3) is 2.60. The number of fused-ring (bicyclic) bond motifs is 1. The monoisotopic (exact) mass is 350 g/mol. The first-order valence-corrected chi connectivity index (χ1v) is 8.96. The van der Waals surface area contributed by atoms with E-state index in [1.54, 1.807) is 0 Å². The first-order chi connectivity index (χ1) is 11.5. The van der Waals surface area contributed by atoms with E-state index in [4.69, 9.17) is 0 Å². The van der Waals surface area contributed by atoms with Crippen LogP contribution in [0.2, 0.25) is 0 Å². The van der Waals surface area contributed by atoms with Crippen LogP contribution in [-0.4, -0.2) is 64.2 Å². The highest BCUT2D eigenvalue weighted by Crippen LogP contribution is 2.35. The fourth-order valence-electron chi connectivity index (χ4n) is 3.63. The number of aromatic nitrogens is 2. The number of amides is 1. The van der Waals surface area contributed by atoms with E-state index in [0.29, 0.717) is 24.2 Å². The molecule has 3 aliphatic rings. The van der Waals surface area contributed by atoms with Crippen LogP contribution in [0.5, 0.6) is 0 Å². The molecule has 3 atom stereocenters. The van der Waals surface area contributed by atoms with Crippen molar-refractivity contribution in [1.29, 1.82) is 0 Å². The highest BCUT2D eigenvalue weighted by atomic mass is 32.1. The molecular weight excluding hydrogens is 331 g/mol. The van der Waals surface area contributed by atoms with Gasteiger partial charge in [0.05, 0.1) is 5.71 Å². The van der Waals surface area contributed by atoms with Crippen LogP contribution in [0, 0.1) is 18.8 Å². The maximum Gasteiger partial charge on any atom is 0.289 e. The van der Waals surface area contributed by atoms with Gasteiger partial charge in [0.25, 0.3) is 5.91 Å². The molecule has 3 unspecified atom stereocenters. The average Bonchev–Trinajstić information content (AvgIpc) is 3.23. The maximum absolute atomic E-state index is 13.7. The normalized spacial score (nSPS) is 29.8. The summed E-state index contributed by atoms with van der Waals surface area (Å²) in [5.74, 6) is 1.44. The van der Waals surface area contributed by atoms with E-state index >= 15 is 0 Å². The molecule has 0 N–H and O–H groups in total. The number of guanidine groups is 1. The summed E-state index contributed by atoms with van der Waals surface area (Å²) in [5, 5.41) is 0.977. The number of aliphatic imine (C=N–C) groups is 2. The second kappa shape index (κ2) is 5.87. The second-order valence-electron chi connectivity index (χ2n) is 6.52. The SMILES string of the molecule is CCC1=NC(N2CC3CN(c4nc(C)ns4)CC3C2)=NC(=O)C1F. The lowest BCUT2D eigenvalue weighted by atomic mass is 10.0. The molecule has 0 bridgehead atoms. The highest BCUT2D eigenvalue weighted by molar-refractivity contribution is 7.09. The molecule has 0 aliphatic carbocycles. The minimum absolute atomic E-state index is 0.285. The van der Waals surface area contributed by atoms with Crippen molar-refractivity contribution in [2.45, 2.75) is 26.4 Å². The van der Waals surface area contributed by atoms with E-state index in [0.717, 1.165) is 37.1 Å². The molecule has 2 saturated heterocycles. The van der Waals surface area contributed by atoms with Crippen molar-refractivity contribution in [2.75, 3.05) is 31.1 Å². The Labute approximate surface area is 143 Å². The van der Waals surface area contributed by atoms with Crippen molar-refractivity contribution in [3.05, 3.63) is 5.82 Å². The zero-order valence-electron chi connectivity index (χ0n) is 13.6. The summed E-state index contributed by atoms with van der Waals surface area (Å²) in [6, 6.07) is 0. The molecule has 4 heterocycles. The number of carbonyl (C=O) groups is 1. The summed E-state index contributed by atoms with van der Waals surface area (Å²) >= 11 is 1.44. The number of nitrogens with zero attached hydrogens (tertiary/aromatic N) is 6. The van der Waals surface area contributed by atoms with E-state index in [1.807, 2.05) is 18.7 Å². The molecule has 0 aromatic carbocycles. The first-order valence-electron chi connectivity index (χ1n) is 8.19. The number of halogens is 1. The van der Waals surface area contributed by atoms with E-state index in [1.165, 1.54) is 11.5 Å². The Morgan fingerprint density at radius 2 is 1.83 bits per heavy atom. The second-order valence-corrected chi connectivity index (χ2v) is 7.25. The van der Waals surface area contributed by atoms with Gasteiger partial charge in [-0.1, -0.05) is 6.92 Å². The molecule has 7 nitrogen and oxygen atoms in total. The fourth-order valence-corrected chi connectivity index (χ4v) is 4.33. The Balaban J connectivity index is 1.45. The summed E-state index contributed by atoms with van der Waals surface area (Å²) in [4.78, 5) is 28.6. The number of aryl methyl sites for hydroxylation is 1. The van der Waals surface area contributed by atoms with Gasteiger partial charge < -0.3 is 9.80 Å². The number of hydrogen-bond acceptors (Lipinski definition) is 7. The van der Waals surface area contributed by atoms with Gasteiger partial charge in [-0.05, 0) is 13.3 Å². The average molecular weight is 350 g/mol. The van der Waals surface area contributed by atoms with Gasteiger partial charge in [0, 0.05) is 49.5 Å². The number of likely N-dealkylation sites (tertiary alicyclic amines) is 1. The summed E-state index contributed by atoms with van der Waals surface area (Å²) in [5.41, 5.74) is 0.285. The molecule has 0 radical (unpaired) electrons. The quantitative estimate of drug-likeness (QED) is 0.804. The van der Waals surface area contributed by atoms with Crippen LogP contribution in [0.15, 0.2) is 9.98 Å². The third-order valence-corrected chi connectivity index (χ3v) is 5.75. The van der Waals surface area contributed by atoms with Gasteiger partial charge in [-0.2, -0.15) is 9.37 Å². The van der Waals surface area contributed by atoms with Crippen LogP contribution >= 0.6 is 11.5 Å². The Hall–Kier alpha value is -1.90. The van der Waals surface area contributed by atoms with Crippen molar-refractivity contribution >= 4 is 34.2 Å². The van der Waals surface area contributed by atoms with Gasteiger partial charge in [-0.25, -0.2) is 14.4 Å². The summed E-state index contributed by atoms with van der Waals surface area (Å²) < 4.78 is 18.0. The lowest BCUT2D eigenvalue weighted by Gasteiger charge is -2.24. The van der Waals surface area contributed by atoms with Crippen LogP contribution in [-0.2, 0) is 4.79 Å². The first kappa shape index (κ1) is 15.6. The molecule has 1 aromatic heterocycles. The minimum Gasteiger partial charge on any atom is -0.346 e. The molecule has 0 saturated carbocycles. The Kier molecular flexibility index (Phi) is 3.82. The molecule has 9 heteroatoms. The number of alkyl halides is 1. The van der Waals surface area contributed by atoms with Crippen molar-refractivity contribution in [3.8, 4) is 0 Å². The molecule has 3 aliphatic heterocycles. The smallest absolute Gasteiger partial charge is 0.289 e. The van der Waals surface area contributed by atoms with E-state index < -0.39 is 12.1 Å². The number of rotatable bonds is 2. The largest absolute Gasteiger partial charge is 0.346 e. The number of hydrogen-bond donors (Lipinski definition) is 0. The summed E-state index contributed by atoms with van der Waals surface area (Å²) in [7, 11) is 0. The predicted octanol–water partition coefficient (Wildman–Crippen LogP) is 1.30. The van der Waals surface area contributed by atoms with Crippen LogP contribution < -0.4 is 4.90 Å². The summed E-state index contributed by atoms with van der Waals surface area (Å²) in [6.07, 6.45) is -1.24. The molecule has 1 amide bonds. The zero-order valence-corrected chi connectivity index (χ0v) is 14.5. The molecule has 4 rings (SSSR count). The number of carbonyl (C=O) groups excluding carboxylic acids is 1. The van der Waals surface area contributed by atoms with Crippen LogP contribution in [0.4, 0.5) is 9.52 Å². The molecular formula is C15H19FN6OS. The van der Waals surface area contributed by atoms with E-state index in [-0.39, 0.29) is 5.71 Å². The maximum atomic E-state index is 13.7. The number of anilines is 1. The van der Waals surface area contributed by atoms with Crippen molar-refractivity contribution < 1.29 is 9.18 Å². The van der Waals surface area contributed by atoms with Crippen LogP contribution in [0.25, 0.3) is 0 Å². The van der Waals surface area contributed by atoms with Gasteiger partial charge in [0.2, 0.25) is 17.3 Å². The van der Waals surface area contributed by atoms with Crippen LogP contribution in [0.3, 0.4) is 0 Å². The lowest BCUT2D eigenvalue weighted by molar-refractivity contribution is -0.120. The Morgan fingerprint density at radius 3 is 2.42 bits per heavy atom. The molecule has 1 aromatic rings. The topological polar surface area (TPSA) is 74.1 Å². The Bertz CT molecular complexity index is 717. The van der Waals surface area contributed by atoms with Gasteiger partial charge in [0.1, 0.15) is 5.82 Å². The van der Waals surface area contributed by atoms with Gasteiger partial charge >= 0.3 is 0 Å². The van der Waals surface area contributed by atoms with E-state index in [9.17, 15) is 9.18 Å². The summed E-state index contributed by atoms with van der Waals surface area (Å²) in [6.45, 7) is 7.14. The van der Waals surface area contributed by atoms with Crippen molar-refractivity contribution in [1.82, 2.24) is 14.3 Å². The lowest BCUT2D eigenvalue weighted by Crippen LogP contribution is -2.38. The van der Waals surface area contributed by atoms with E-state index in [2.05, 4.69) is 24.2 Å². The Morgan fingerprint density at radius 1 is 1.17 bits per heavy atom. The third-order valence-electron chi connectivity index (χ3n) is 4.88. The standard InChI is InChI=1S/C15H19FN6OS/c1-3-11-12(16)13(23)19-14(18-11)21-4-9-6-22(7-10(9)5-21)15-17-8(2)20-24-15/h9-10,12H,3-7H2,1-2H3. The molecule has 128 valence electrons. The van der Waals surface area contributed by atoms with Crippen molar-refractivity contribution in [3.63, 3.8) is 0 Å². The molecule has 2 fully saturated rings. The van der Waals surface area contributed by atoms with Gasteiger partial charge in [-0.15, -0.1) is 0 Å². The van der Waals surface area contributed by atoms with Gasteiger partial charge in [-0.3, -0.25) is 4.79 Å². The molecule has 0 spiro atoms. The minimum atomic E-state index is -1.67. The van der Waals surface area contributed by atoms with Crippen LogP contribution in [0.1, 0.15) is 19.2 Å². The predicted molar refractivity (Wildman–Crippen MR) is 90.5 cm³/mol. The highest BCUT2D eigenvalue weighted by Gasteiger charge is 2.43. The zero-order chi connectivity index (χ0) is 16.8. The fraction of sp³-hybridized carbons (Fsp3) is 0.667. The molecule has 24 heavy (non-hydrogen) atoms. The van der Waals surface area contributed by atoms with Gasteiger partial charge in [0.15, 0.2) is 0 Å². The van der Waals surface area contributed by atoms with Crippen molar-refractivity contribution in [2.24, 2.45) is 21.8 Å².